The molecule has 0 spiro atoms. The van der Waals surface area contributed by atoms with Gasteiger partial charge in [0.05, 0.1) is 11.1 Å². The number of rotatable bonds is 11. The Bertz CT molecular complexity index is 1570. The summed E-state index contributed by atoms with van der Waals surface area (Å²) in [4.78, 5) is 22.4. The van der Waals surface area contributed by atoms with Crippen LogP contribution in [-0.4, -0.2) is 36.0 Å². The minimum atomic E-state index is -0.973. The number of carbonyl (C=O) groups excluding carboxylic acids is 1. The third-order valence-corrected chi connectivity index (χ3v) is 7.31. The van der Waals surface area contributed by atoms with Crippen LogP contribution in [0.4, 0.5) is 31.9 Å². The molecule has 0 aliphatic heterocycles. The summed E-state index contributed by atoms with van der Waals surface area (Å²) in [5.74, 6) is -0.448. The van der Waals surface area contributed by atoms with Gasteiger partial charge in [-0.1, -0.05) is 35.9 Å². The van der Waals surface area contributed by atoms with Crippen LogP contribution in [-0.2, 0) is 10.2 Å². The van der Waals surface area contributed by atoms with Gasteiger partial charge in [-0.3, -0.25) is 4.79 Å². The fourth-order valence-corrected chi connectivity index (χ4v) is 4.89. The molecule has 0 unspecified atom stereocenters. The Morgan fingerprint density at radius 2 is 1.76 bits per heavy atom. The van der Waals surface area contributed by atoms with Gasteiger partial charge < -0.3 is 21.3 Å². The van der Waals surface area contributed by atoms with Gasteiger partial charge in [0, 0.05) is 29.6 Å². The summed E-state index contributed by atoms with van der Waals surface area (Å²) >= 11 is 0. The summed E-state index contributed by atoms with van der Waals surface area (Å²) in [6, 6.07) is 17.2. The largest absolute Gasteiger partial charge is 0.369 e. The van der Waals surface area contributed by atoms with Crippen molar-refractivity contribution in [1.29, 1.82) is 0 Å². The summed E-state index contributed by atoms with van der Waals surface area (Å²) in [6.45, 7) is 5.35. The zero-order valence-corrected chi connectivity index (χ0v) is 23.4. The van der Waals surface area contributed by atoms with Crippen LogP contribution in [0.5, 0.6) is 0 Å². The number of halogens is 2. The zero-order valence-electron chi connectivity index (χ0n) is 23.4. The van der Waals surface area contributed by atoms with Gasteiger partial charge in [-0.05, 0) is 88.2 Å². The van der Waals surface area contributed by atoms with E-state index in [4.69, 9.17) is 0 Å². The van der Waals surface area contributed by atoms with Gasteiger partial charge in [0.1, 0.15) is 17.5 Å². The fraction of sp³-hybridized carbons (Fsp3) is 0.281. The highest BCUT2D eigenvalue weighted by atomic mass is 19.1. The van der Waals surface area contributed by atoms with Crippen LogP contribution < -0.4 is 21.3 Å². The fourth-order valence-electron chi connectivity index (χ4n) is 4.89. The van der Waals surface area contributed by atoms with Crippen LogP contribution in [0.1, 0.15) is 36.0 Å². The molecule has 1 aliphatic rings. The Morgan fingerprint density at radius 1 is 0.951 bits per heavy atom. The molecule has 1 amide bonds. The molecule has 1 heterocycles. The van der Waals surface area contributed by atoms with Gasteiger partial charge in [0.2, 0.25) is 11.9 Å². The Balaban J connectivity index is 1.38. The van der Waals surface area contributed by atoms with Gasteiger partial charge in [-0.2, -0.15) is 4.98 Å². The first-order valence-electron chi connectivity index (χ1n) is 13.8. The van der Waals surface area contributed by atoms with Gasteiger partial charge in [-0.25, -0.2) is 13.8 Å². The van der Waals surface area contributed by atoms with E-state index in [0.29, 0.717) is 47.8 Å². The van der Waals surface area contributed by atoms with Crippen LogP contribution in [0, 0.1) is 25.5 Å². The van der Waals surface area contributed by atoms with Crippen molar-refractivity contribution in [2.45, 2.75) is 38.5 Å². The lowest BCUT2D eigenvalue weighted by Gasteiger charge is -2.18. The van der Waals surface area contributed by atoms with Crippen LogP contribution >= 0.6 is 0 Å². The molecule has 3 aromatic carbocycles. The van der Waals surface area contributed by atoms with E-state index in [0.717, 1.165) is 29.8 Å². The Labute approximate surface area is 238 Å². The van der Waals surface area contributed by atoms with E-state index in [9.17, 15) is 9.18 Å². The lowest BCUT2D eigenvalue weighted by atomic mass is 9.92. The molecule has 0 bridgehead atoms. The topological polar surface area (TPSA) is 91.0 Å². The highest BCUT2D eigenvalue weighted by Gasteiger charge is 2.53. The standard InChI is InChI=1S/C32H34F2N6O/c1-20-6-4-7-23(16-20)38-31-37-19-24(29(40-31)36-15-5-14-35-3)22-9-11-28(27(34)18-22)39-30(41)32(12-13-32)25-17-21(2)8-10-26(25)33/h4,6-11,16-19,35H,5,12-15H2,1-3H3,(H,39,41)(H2,36,37,38,40). The number of hydrogen-bond donors (Lipinski definition) is 4. The second-order valence-electron chi connectivity index (χ2n) is 10.5. The molecule has 212 valence electrons. The third-order valence-electron chi connectivity index (χ3n) is 7.31. The molecule has 41 heavy (non-hydrogen) atoms. The lowest BCUT2D eigenvalue weighted by Crippen LogP contribution is -2.29. The molecule has 5 rings (SSSR count). The molecule has 7 nitrogen and oxygen atoms in total. The quantitative estimate of drug-likeness (QED) is 0.158. The molecule has 1 aromatic heterocycles. The Morgan fingerprint density at radius 3 is 2.49 bits per heavy atom. The molecule has 1 aliphatic carbocycles. The summed E-state index contributed by atoms with van der Waals surface area (Å²) in [7, 11) is 1.89. The lowest BCUT2D eigenvalue weighted by molar-refractivity contribution is -0.118. The van der Waals surface area contributed by atoms with Crippen molar-refractivity contribution in [2.75, 3.05) is 36.1 Å². The van der Waals surface area contributed by atoms with E-state index in [2.05, 4.69) is 31.2 Å². The number of nitrogens with zero attached hydrogens (tertiary/aromatic N) is 2. The van der Waals surface area contributed by atoms with Gasteiger partial charge in [-0.15, -0.1) is 0 Å². The van der Waals surface area contributed by atoms with Crippen LogP contribution in [0.3, 0.4) is 0 Å². The monoisotopic (exact) mass is 556 g/mol. The number of aromatic nitrogens is 2. The van der Waals surface area contributed by atoms with Gasteiger partial charge in [0.25, 0.3) is 0 Å². The summed E-state index contributed by atoms with van der Waals surface area (Å²) in [6.07, 6.45) is 3.55. The van der Waals surface area contributed by atoms with Crippen molar-refractivity contribution in [3.05, 3.63) is 95.2 Å². The number of hydrogen-bond acceptors (Lipinski definition) is 6. The number of nitrogens with one attached hydrogen (secondary N) is 4. The van der Waals surface area contributed by atoms with Crippen LogP contribution in [0.2, 0.25) is 0 Å². The first-order chi connectivity index (χ1) is 19.8. The number of benzene rings is 3. The van der Waals surface area contributed by atoms with Gasteiger partial charge in [0.15, 0.2) is 0 Å². The van der Waals surface area contributed by atoms with E-state index in [1.807, 2.05) is 45.2 Å². The predicted molar refractivity (Wildman–Crippen MR) is 160 cm³/mol. The Hall–Kier alpha value is -4.37. The van der Waals surface area contributed by atoms with Crippen molar-refractivity contribution in [2.24, 2.45) is 0 Å². The van der Waals surface area contributed by atoms with Crippen LogP contribution in [0.25, 0.3) is 11.1 Å². The number of carbonyl (C=O) groups is 1. The highest BCUT2D eigenvalue weighted by Crippen LogP contribution is 2.50. The molecule has 4 N–H and O–H groups in total. The highest BCUT2D eigenvalue weighted by molar-refractivity contribution is 6.01. The van der Waals surface area contributed by atoms with E-state index >= 15 is 4.39 Å². The molecule has 0 atom stereocenters. The predicted octanol–water partition coefficient (Wildman–Crippen LogP) is 6.47. The van der Waals surface area contributed by atoms with E-state index in [1.165, 1.54) is 18.2 Å². The van der Waals surface area contributed by atoms with E-state index < -0.39 is 23.0 Å². The SMILES string of the molecule is CNCCCNc1nc(Nc2cccc(C)c2)ncc1-c1ccc(NC(=O)C2(c3cc(C)ccc3F)CC2)c(F)c1. The molecule has 0 radical (unpaired) electrons. The number of aryl methyl sites for hydroxylation is 2. The zero-order chi connectivity index (χ0) is 29.0. The Kier molecular flexibility index (Phi) is 8.26. The molecular formula is C32H34F2N6O. The van der Waals surface area contributed by atoms with Gasteiger partial charge >= 0.3 is 0 Å². The maximum absolute atomic E-state index is 15.4. The maximum Gasteiger partial charge on any atom is 0.235 e. The van der Waals surface area contributed by atoms with Crippen molar-refractivity contribution in [3.8, 4) is 11.1 Å². The molecule has 1 fully saturated rings. The number of amides is 1. The minimum absolute atomic E-state index is 0.0419. The van der Waals surface area contributed by atoms with E-state index in [-0.39, 0.29) is 5.69 Å². The van der Waals surface area contributed by atoms with Crippen molar-refractivity contribution in [3.63, 3.8) is 0 Å². The first-order valence-corrected chi connectivity index (χ1v) is 13.8. The summed E-state index contributed by atoms with van der Waals surface area (Å²) in [5.41, 5.74) is 3.46. The average molecular weight is 557 g/mol. The molecule has 4 aromatic rings. The molecule has 1 saturated carbocycles. The van der Waals surface area contributed by atoms with E-state index in [1.54, 1.807) is 24.4 Å². The summed E-state index contributed by atoms with van der Waals surface area (Å²) in [5, 5.41) is 12.4. The molecule has 0 saturated heterocycles. The maximum atomic E-state index is 15.4. The van der Waals surface area contributed by atoms with Crippen LogP contribution in [0.15, 0.2) is 66.9 Å². The minimum Gasteiger partial charge on any atom is -0.369 e. The van der Waals surface area contributed by atoms with Crippen molar-refractivity contribution in [1.82, 2.24) is 15.3 Å². The smallest absolute Gasteiger partial charge is 0.235 e. The summed E-state index contributed by atoms with van der Waals surface area (Å²) < 4.78 is 30.0. The molecular weight excluding hydrogens is 522 g/mol. The van der Waals surface area contributed by atoms with Crippen molar-refractivity contribution >= 4 is 29.0 Å². The third kappa shape index (κ3) is 6.36. The number of anilines is 4. The average Bonchev–Trinajstić information content (AvgIpc) is 3.76. The second-order valence-corrected chi connectivity index (χ2v) is 10.5. The first kappa shape index (κ1) is 28.2. The molecule has 9 heteroatoms. The van der Waals surface area contributed by atoms with Crippen molar-refractivity contribution < 1.29 is 13.6 Å². The second kappa shape index (κ2) is 12.0. The normalized spacial score (nSPS) is 13.5.